The third kappa shape index (κ3) is 5.23. The molecular weight excluding hydrogens is 384 g/mol. The van der Waals surface area contributed by atoms with Crippen molar-refractivity contribution in [2.24, 2.45) is 5.73 Å². The molecule has 7 nitrogen and oxygen atoms in total. The lowest BCUT2D eigenvalue weighted by Gasteiger charge is -2.18. The molecule has 0 radical (unpaired) electrons. The average molecular weight is 405 g/mol. The van der Waals surface area contributed by atoms with Gasteiger partial charge in [0, 0.05) is 18.1 Å². The summed E-state index contributed by atoms with van der Waals surface area (Å²) in [5, 5.41) is 4.64. The predicted molar refractivity (Wildman–Crippen MR) is 102 cm³/mol. The van der Waals surface area contributed by atoms with Crippen LogP contribution in [0.2, 0.25) is 0 Å². The minimum Gasteiger partial charge on any atom is -0.328 e. The fraction of sp³-hybridized carbons (Fsp3) is 0.333. The van der Waals surface area contributed by atoms with E-state index in [9.17, 15) is 13.2 Å². The molecule has 25 heavy (non-hydrogen) atoms. The summed E-state index contributed by atoms with van der Waals surface area (Å²) >= 11 is 1.24. The molecule has 0 spiro atoms. The molecular formula is C15H21ClN4O3S2. The van der Waals surface area contributed by atoms with E-state index in [-0.39, 0.29) is 23.8 Å². The second-order valence-corrected chi connectivity index (χ2v) is 8.01. The minimum atomic E-state index is -3.88. The van der Waals surface area contributed by atoms with Gasteiger partial charge >= 0.3 is 0 Å². The number of benzene rings is 1. The normalized spacial score (nSPS) is 12.3. The van der Waals surface area contributed by atoms with Crippen LogP contribution < -0.4 is 15.8 Å². The second-order valence-electron chi connectivity index (χ2n) is 5.46. The van der Waals surface area contributed by atoms with Gasteiger partial charge in [-0.2, -0.15) is 4.72 Å². The molecule has 1 unspecified atom stereocenters. The molecule has 0 bridgehead atoms. The Morgan fingerprint density at radius 3 is 2.36 bits per heavy atom. The Bertz CT molecular complexity index is 815. The zero-order chi connectivity index (χ0) is 17.9. The highest BCUT2D eigenvalue weighted by molar-refractivity contribution is 7.89. The second kappa shape index (κ2) is 8.72. The number of halogens is 1. The van der Waals surface area contributed by atoms with E-state index >= 15 is 0 Å². The molecule has 1 aromatic heterocycles. The number of nitrogens with one attached hydrogen (secondary N) is 2. The van der Waals surface area contributed by atoms with E-state index in [0.29, 0.717) is 16.3 Å². The third-order valence-electron chi connectivity index (χ3n) is 3.39. The van der Waals surface area contributed by atoms with Gasteiger partial charge in [-0.1, -0.05) is 17.7 Å². The molecule has 0 aliphatic heterocycles. The molecule has 0 aliphatic carbocycles. The van der Waals surface area contributed by atoms with Crippen molar-refractivity contribution in [1.82, 2.24) is 9.71 Å². The molecule has 0 saturated heterocycles. The van der Waals surface area contributed by atoms with Crippen LogP contribution in [0.25, 0.3) is 0 Å². The topological polar surface area (TPSA) is 114 Å². The Balaban J connectivity index is 0.00000312. The van der Waals surface area contributed by atoms with E-state index in [4.69, 9.17) is 5.73 Å². The fourth-order valence-electron chi connectivity index (χ4n) is 2.52. The summed E-state index contributed by atoms with van der Waals surface area (Å²) < 4.78 is 27.8. The van der Waals surface area contributed by atoms with Gasteiger partial charge in [-0.3, -0.25) is 4.79 Å². The Hall–Kier alpha value is -1.52. The highest BCUT2D eigenvalue weighted by atomic mass is 35.5. The summed E-state index contributed by atoms with van der Waals surface area (Å²) in [7, 11) is -3.88. The van der Waals surface area contributed by atoms with Crippen molar-refractivity contribution < 1.29 is 13.2 Å². The summed E-state index contributed by atoms with van der Waals surface area (Å²) in [6.45, 7) is 5.18. The summed E-state index contributed by atoms with van der Waals surface area (Å²) in [5.41, 5.74) is 7.80. The Morgan fingerprint density at radius 1 is 1.28 bits per heavy atom. The number of aryl methyl sites for hydroxylation is 3. The van der Waals surface area contributed by atoms with Crippen LogP contribution >= 0.6 is 23.7 Å². The maximum absolute atomic E-state index is 12.7. The molecule has 0 fully saturated rings. The standard InChI is InChI=1S/C15H20N4O3S2.ClH/c1-9-6-10(2)13(11(3)7-9)24(21,22)19-12(8-16)14(20)18-15-17-4-5-23-15;/h4-7,12,19H,8,16H2,1-3H3,(H,17,18,20);1H. The van der Waals surface area contributed by atoms with Crippen molar-refractivity contribution in [3.63, 3.8) is 0 Å². The van der Waals surface area contributed by atoms with Crippen LogP contribution in [0.5, 0.6) is 0 Å². The molecule has 4 N–H and O–H groups in total. The van der Waals surface area contributed by atoms with Gasteiger partial charge in [0.1, 0.15) is 6.04 Å². The molecule has 1 atom stereocenters. The van der Waals surface area contributed by atoms with Crippen molar-refractivity contribution in [3.05, 3.63) is 40.4 Å². The quantitative estimate of drug-likeness (QED) is 0.678. The maximum atomic E-state index is 12.7. The number of hydrogen-bond acceptors (Lipinski definition) is 6. The first-order valence-corrected chi connectivity index (χ1v) is 9.61. The lowest BCUT2D eigenvalue weighted by molar-refractivity contribution is -0.117. The van der Waals surface area contributed by atoms with Gasteiger partial charge in [-0.05, 0) is 31.9 Å². The number of nitrogens with zero attached hydrogens (tertiary/aromatic N) is 1. The Morgan fingerprint density at radius 2 is 1.88 bits per heavy atom. The predicted octanol–water partition coefficient (Wildman–Crippen LogP) is 1.73. The number of thiazole rings is 1. The number of anilines is 1. The van der Waals surface area contributed by atoms with Gasteiger partial charge in [0.15, 0.2) is 5.13 Å². The number of carbonyl (C=O) groups excluding carboxylic acids is 1. The van der Waals surface area contributed by atoms with Gasteiger partial charge < -0.3 is 11.1 Å². The van der Waals surface area contributed by atoms with Crippen molar-refractivity contribution in [3.8, 4) is 0 Å². The summed E-state index contributed by atoms with van der Waals surface area (Å²) in [4.78, 5) is 16.3. The number of rotatable bonds is 6. The first kappa shape index (κ1) is 21.5. The molecule has 138 valence electrons. The fourth-order valence-corrected chi connectivity index (χ4v) is 4.72. The van der Waals surface area contributed by atoms with Gasteiger partial charge in [0.25, 0.3) is 0 Å². The molecule has 1 aromatic carbocycles. The van der Waals surface area contributed by atoms with E-state index in [1.165, 1.54) is 11.3 Å². The van der Waals surface area contributed by atoms with Crippen molar-refractivity contribution in [1.29, 1.82) is 0 Å². The van der Waals surface area contributed by atoms with Crippen LogP contribution in [-0.4, -0.2) is 31.9 Å². The summed E-state index contributed by atoms with van der Waals surface area (Å²) in [6.07, 6.45) is 1.54. The Kier molecular flexibility index (Phi) is 7.51. The highest BCUT2D eigenvalue weighted by Gasteiger charge is 2.27. The summed E-state index contributed by atoms with van der Waals surface area (Å²) in [5.74, 6) is -0.543. The minimum absolute atomic E-state index is 0. The van der Waals surface area contributed by atoms with Crippen molar-refractivity contribution >= 4 is 44.8 Å². The molecule has 0 aliphatic rings. The molecule has 1 heterocycles. The lowest BCUT2D eigenvalue weighted by Crippen LogP contribution is -2.48. The largest absolute Gasteiger partial charge is 0.328 e. The SMILES string of the molecule is Cc1cc(C)c(S(=O)(=O)NC(CN)C(=O)Nc2nccs2)c(C)c1.Cl. The number of amides is 1. The highest BCUT2D eigenvalue weighted by Crippen LogP contribution is 2.22. The van der Waals surface area contributed by atoms with Crippen LogP contribution in [0.15, 0.2) is 28.6 Å². The Labute approximate surface area is 157 Å². The maximum Gasteiger partial charge on any atom is 0.245 e. The van der Waals surface area contributed by atoms with Crippen LogP contribution in [0.4, 0.5) is 5.13 Å². The third-order valence-corrected chi connectivity index (χ3v) is 5.85. The molecule has 2 rings (SSSR count). The number of sulfonamides is 1. The first-order valence-electron chi connectivity index (χ1n) is 7.25. The van der Waals surface area contributed by atoms with Crippen LogP contribution in [0, 0.1) is 20.8 Å². The monoisotopic (exact) mass is 404 g/mol. The zero-order valence-corrected chi connectivity index (χ0v) is 16.5. The van der Waals surface area contributed by atoms with Crippen molar-refractivity contribution in [2.75, 3.05) is 11.9 Å². The number of aromatic nitrogens is 1. The zero-order valence-electron chi connectivity index (χ0n) is 14.1. The van der Waals surface area contributed by atoms with E-state index in [1.54, 1.807) is 37.6 Å². The van der Waals surface area contributed by atoms with Gasteiger partial charge in [-0.25, -0.2) is 13.4 Å². The number of nitrogens with two attached hydrogens (primary N) is 1. The number of hydrogen-bond donors (Lipinski definition) is 3. The van der Waals surface area contributed by atoms with Crippen LogP contribution in [0.3, 0.4) is 0 Å². The smallest absolute Gasteiger partial charge is 0.245 e. The average Bonchev–Trinajstić information content (AvgIpc) is 2.96. The first-order chi connectivity index (χ1) is 11.2. The molecule has 2 aromatic rings. The van der Waals surface area contributed by atoms with E-state index in [0.717, 1.165) is 5.56 Å². The summed E-state index contributed by atoms with van der Waals surface area (Å²) in [6, 6.07) is 2.49. The molecule has 0 saturated carbocycles. The molecule has 10 heteroatoms. The van der Waals surface area contributed by atoms with Gasteiger partial charge in [-0.15, -0.1) is 23.7 Å². The van der Waals surface area contributed by atoms with E-state index in [1.807, 2.05) is 6.92 Å². The van der Waals surface area contributed by atoms with Gasteiger partial charge in [0.2, 0.25) is 15.9 Å². The lowest BCUT2D eigenvalue weighted by atomic mass is 10.1. The van der Waals surface area contributed by atoms with E-state index < -0.39 is 22.0 Å². The molecule has 1 amide bonds. The van der Waals surface area contributed by atoms with Crippen LogP contribution in [0.1, 0.15) is 16.7 Å². The van der Waals surface area contributed by atoms with Crippen molar-refractivity contribution in [2.45, 2.75) is 31.7 Å². The van der Waals surface area contributed by atoms with Gasteiger partial charge in [0.05, 0.1) is 4.90 Å². The number of carbonyl (C=O) groups is 1. The van der Waals surface area contributed by atoms with Crippen LogP contribution in [-0.2, 0) is 14.8 Å². The van der Waals surface area contributed by atoms with E-state index in [2.05, 4.69) is 15.0 Å².